The Bertz CT molecular complexity index is 604. The van der Waals surface area contributed by atoms with Crippen LogP contribution < -0.4 is 5.43 Å². The molecule has 1 aromatic heterocycles. The molecule has 1 heterocycles. The summed E-state index contributed by atoms with van der Waals surface area (Å²) in [6.07, 6.45) is 0. The smallest absolute Gasteiger partial charge is 0.204 e. The van der Waals surface area contributed by atoms with Crippen LogP contribution in [0.1, 0.15) is 11.3 Å². The van der Waals surface area contributed by atoms with Gasteiger partial charge in [-0.2, -0.15) is 0 Å². The van der Waals surface area contributed by atoms with E-state index in [1.165, 1.54) is 0 Å². The van der Waals surface area contributed by atoms with Crippen molar-refractivity contribution in [1.82, 2.24) is 4.98 Å². The van der Waals surface area contributed by atoms with E-state index in [1.807, 2.05) is 42.5 Å². The van der Waals surface area contributed by atoms with Crippen molar-refractivity contribution in [2.24, 2.45) is 0 Å². The van der Waals surface area contributed by atoms with Gasteiger partial charge in [0.05, 0.1) is 19.5 Å². The van der Waals surface area contributed by atoms with Gasteiger partial charge in [0.25, 0.3) is 0 Å². The van der Waals surface area contributed by atoms with Gasteiger partial charge in [0.2, 0.25) is 5.43 Å². The highest BCUT2D eigenvalue weighted by Crippen LogP contribution is 2.23. The lowest BCUT2D eigenvalue weighted by molar-refractivity contribution is 1.20. The average Bonchev–Trinajstić information content (AvgIpc) is 2.20. The topological polar surface area (TPSA) is 32.9 Å². The fourth-order valence-electron chi connectivity index (χ4n) is 1.59. The third-order valence-electron chi connectivity index (χ3n) is 2.43. The molecule has 2 rings (SSSR count). The van der Waals surface area contributed by atoms with Gasteiger partial charge in [-0.1, -0.05) is 17.7 Å². The van der Waals surface area contributed by atoms with Crippen LogP contribution in [-0.2, 0) is 0 Å². The standard InChI is InChI=1S/C11H9ClINO/c1-5-3-4-7(12)8-10(5)14-6(2)9(13)11(8)15/h3-4H,1-2H3,(H,14,15). The van der Waals surface area contributed by atoms with E-state index in [-0.39, 0.29) is 5.43 Å². The van der Waals surface area contributed by atoms with Crippen molar-refractivity contribution in [3.8, 4) is 0 Å². The lowest BCUT2D eigenvalue weighted by Gasteiger charge is -2.07. The van der Waals surface area contributed by atoms with Crippen molar-refractivity contribution in [1.29, 1.82) is 0 Å². The maximum absolute atomic E-state index is 12.0. The Balaban J connectivity index is 3.12. The molecule has 0 atom stereocenters. The first-order valence-corrected chi connectivity index (χ1v) is 5.95. The zero-order valence-electron chi connectivity index (χ0n) is 8.32. The normalized spacial score (nSPS) is 10.9. The summed E-state index contributed by atoms with van der Waals surface area (Å²) in [6, 6.07) is 3.67. The van der Waals surface area contributed by atoms with E-state index >= 15 is 0 Å². The van der Waals surface area contributed by atoms with Crippen molar-refractivity contribution in [2.75, 3.05) is 0 Å². The number of rotatable bonds is 0. The minimum atomic E-state index is 0.00977. The molecule has 0 saturated carbocycles. The zero-order valence-corrected chi connectivity index (χ0v) is 11.2. The molecule has 0 amide bonds. The fourth-order valence-corrected chi connectivity index (χ4v) is 2.23. The first kappa shape index (κ1) is 11.0. The van der Waals surface area contributed by atoms with Crippen molar-refractivity contribution in [2.45, 2.75) is 13.8 Å². The number of H-pyrrole nitrogens is 1. The van der Waals surface area contributed by atoms with Gasteiger partial charge >= 0.3 is 0 Å². The van der Waals surface area contributed by atoms with E-state index in [4.69, 9.17) is 11.6 Å². The van der Waals surface area contributed by atoms with Gasteiger partial charge in [-0.15, -0.1) is 0 Å². The van der Waals surface area contributed by atoms with Crippen LogP contribution in [-0.4, -0.2) is 4.98 Å². The molecule has 78 valence electrons. The second kappa shape index (κ2) is 3.79. The minimum absolute atomic E-state index is 0.00977. The number of halogens is 2. The molecule has 15 heavy (non-hydrogen) atoms. The SMILES string of the molecule is Cc1[nH]c2c(C)ccc(Cl)c2c(=O)c1I. The number of fused-ring (bicyclic) bond motifs is 1. The molecule has 1 N–H and O–H groups in total. The Labute approximate surface area is 106 Å². The van der Waals surface area contributed by atoms with Gasteiger partial charge < -0.3 is 4.98 Å². The van der Waals surface area contributed by atoms with Crippen LogP contribution in [0.5, 0.6) is 0 Å². The number of aryl methyl sites for hydroxylation is 2. The highest BCUT2D eigenvalue weighted by molar-refractivity contribution is 14.1. The molecule has 4 heteroatoms. The Morgan fingerprint density at radius 3 is 2.67 bits per heavy atom. The zero-order chi connectivity index (χ0) is 11.2. The largest absolute Gasteiger partial charge is 0.357 e. The predicted octanol–water partition coefficient (Wildman–Crippen LogP) is 3.40. The maximum atomic E-state index is 12.0. The molecule has 2 aromatic rings. The Hall–Kier alpha value is -0.550. The van der Waals surface area contributed by atoms with E-state index in [0.717, 1.165) is 16.8 Å². The molecule has 1 aromatic carbocycles. The molecule has 2 nitrogen and oxygen atoms in total. The van der Waals surface area contributed by atoms with Crippen LogP contribution in [0, 0.1) is 17.4 Å². The number of pyridine rings is 1. The predicted molar refractivity (Wildman–Crippen MR) is 71.8 cm³/mol. The summed E-state index contributed by atoms with van der Waals surface area (Å²) in [5, 5.41) is 1.10. The summed E-state index contributed by atoms with van der Waals surface area (Å²) in [6.45, 7) is 3.85. The number of hydrogen-bond acceptors (Lipinski definition) is 1. The summed E-state index contributed by atoms with van der Waals surface area (Å²) in [5.74, 6) is 0. The third kappa shape index (κ3) is 1.67. The van der Waals surface area contributed by atoms with Gasteiger partial charge in [0, 0.05) is 5.69 Å². The number of aromatic amines is 1. The van der Waals surface area contributed by atoms with E-state index in [0.29, 0.717) is 14.0 Å². The molecule has 0 fully saturated rings. The van der Waals surface area contributed by atoms with Crippen LogP contribution in [0.4, 0.5) is 0 Å². The number of benzene rings is 1. The summed E-state index contributed by atoms with van der Waals surface area (Å²) >= 11 is 8.08. The Morgan fingerprint density at radius 1 is 1.33 bits per heavy atom. The van der Waals surface area contributed by atoms with Gasteiger partial charge in [-0.25, -0.2) is 0 Å². The lowest BCUT2D eigenvalue weighted by Crippen LogP contribution is -2.10. The molecule has 0 aliphatic carbocycles. The van der Waals surface area contributed by atoms with Crippen LogP contribution in [0.3, 0.4) is 0 Å². The Kier molecular flexibility index (Phi) is 2.77. The van der Waals surface area contributed by atoms with Gasteiger partial charge in [0.15, 0.2) is 0 Å². The maximum Gasteiger partial charge on any atom is 0.204 e. The highest BCUT2D eigenvalue weighted by Gasteiger charge is 2.10. The summed E-state index contributed by atoms with van der Waals surface area (Å²) in [4.78, 5) is 15.2. The molecule has 0 bridgehead atoms. The molecular weight excluding hydrogens is 324 g/mol. The molecule has 0 radical (unpaired) electrons. The van der Waals surface area contributed by atoms with E-state index < -0.39 is 0 Å². The van der Waals surface area contributed by atoms with E-state index in [1.54, 1.807) is 6.07 Å². The van der Waals surface area contributed by atoms with Gasteiger partial charge in [-0.05, 0) is 48.1 Å². The molecule has 0 aliphatic heterocycles. The molecule has 0 spiro atoms. The van der Waals surface area contributed by atoms with Gasteiger partial charge in [0.1, 0.15) is 0 Å². The summed E-state index contributed by atoms with van der Waals surface area (Å²) < 4.78 is 0.701. The summed E-state index contributed by atoms with van der Waals surface area (Å²) in [5.41, 5.74) is 2.77. The monoisotopic (exact) mass is 333 g/mol. The van der Waals surface area contributed by atoms with Crippen LogP contribution >= 0.6 is 34.2 Å². The lowest BCUT2D eigenvalue weighted by atomic mass is 10.1. The van der Waals surface area contributed by atoms with Crippen LogP contribution in [0.2, 0.25) is 5.02 Å². The molecular formula is C11H9ClINO. The van der Waals surface area contributed by atoms with Crippen molar-refractivity contribution >= 4 is 45.1 Å². The van der Waals surface area contributed by atoms with E-state index in [9.17, 15) is 4.79 Å². The Morgan fingerprint density at radius 2 is 2.00 bits per heavy atom. The number of nitrogens with one attached hydrogen (secondary N) is 1. The van der Waals surface area contributed by atoms with Crippen LogP contribution in [0.25, 0.3) is 10.9 Å². The fraction of sp³-hybridized carbons (Fsp3) is 0.182. The first-order chi connectivity index (χ1) is 7.02. The number of hydrogen-bond donors (Lipinski definition) is 1. The molecule has 0 saturated heterocycles. The van der Waals surface area contributed by atoms with Crippen molar-refractivity contribution in [3.05, 3.63) is 42.2 Å². The molecule has 0 unspecified atom stereocenters. The van der Waals surface area contributed by atoms with Crippen molar-refractivity contribution < 1.29 is 0 Å². The molecule has 0 aliphatic rings. The highest BCUT2D eigenvalue weighted by atomic mass is 127. The minimum Gasteiger partial charge on any atom is -0.357 e. The third-order valence-corrected chi connectivity index (χ3v) is 4.04. The second-order valence-corrected chi connectivity index (χ2v) is 4.99. The summed E-state index contributed by atoms with van der Waals surface area (Å²) in [7, 11) is 0. The number of aromatic nitrogens is 1. The average molecular weight is 334 g/mol. The van der Waals surface area contributed by atoms with E-state index in [2.05, 4.69) is 4.98 Å². The van der Waals surface area contributed by atoms with Crippen molar-refractivity contribution in [3.63, 3.8) is 0 Å². The van der Waals surface area contributed by atoms with Crippen LogP contribution in [0.15, 0.2) is 16.9 Å². The second-order valence-electron chi connectivity index (χ2n) is 3.51. The quantitative estimate of drug-likeness (QED) is 0.736. The first-order valence-electron chi connectivity index (χ1n) is 4.49. The van der Waals surface area contributed by atoms with Gasteiger partial charge in [-0.3, -0.25) is 4.79 Å².